The third kappa shape index (κ3) is 3.89. The maximum Gasteiger partial charge on any atom is 0.223 e. The highest BCUT2D eigenvalue weighted by atomic mass is 35.5. The second-order valence-corrected chi connectivity index (χ2v) is 7.68. The average molecular weight is 337 g/mol. The zero-order valence-electron chi connectivity index (χ0n) is 14.1. The molecular weight excluding hydrogens is 308 g/mol. The van der Waals surface area contributed by atoms with Crippen LogP contribution >= 0.6 is 12.4 Å². The molecule has 0 spiro atoms. The molecule has 3 nitrogen and oxygen atoms in total. The first kappa shape index (κ1) is 18.3. The zero-order chi connectivity index (χ0) is 15.7. The van der Waals surface area contributed by atoms with Crippen LogP contribution in [-0.4, -0.2) is 11.9 Å². The Morgan fingerprint density at radius 2 is 1.70 bits per heavy atom. The number of hydrogen-bond acceptors (Lipinski definition) is 2. The van der Waals surface area contributed by atoms with E-state index in [1.54, 1.807) is 0 Å². The minimum Gasteiger partial charge on any atom is -0.347 e. The topological polar surface area (TPSA) is 55.1 Å². The number of carbonyl (C=O) groups is 1. The van der Waals surface area contributed by atoms with Gasteiger partial charge >= 0.3 is 0 Å². The van der Waals surface area contributed by atoms with Gasteiger partial charge in [-0.05, 0) is 56.9 Å². The van der Waals surface area contributed by atoms with E-state index in [1.807, 2.05) is 18.2 Å². The van der Waals surface area contributed by atoms with E-state index in [-0.39, 0.29) is 29.8 Å². The number of amides is 1. The first-order valence-electron chi connectivity index (χ1n) is 8.60. The lowest BCUT2D eigenvalue weighted by atomic mass is 9.65. The van der Waals surface area contributed by atoms with Crippen LogP contribution < -0.4 is 11.1 Å². The fraction of sp³-hybridized carbons (Fsp3) is 0.632. The number of nitrogens with two attached hydrogens (primary N) is 1. The Kier molecular flexibility index (Phi) is 5.74. The maximum absolute atomic E-state index is 12.8. The summed E-state index contributed by atoms with van der Waals surface area (Å²) in [6, 6.07) is 10.5. The quantitative estimate of drug-likeness (QED) is 0.885. The number of nitrogens with one attached hydrogen (secondary N) is 1. The third-order valence-electron chi connectivity index (χ3n) is 5.71. The molecule has 2 atom stereocenters. The van der Waals surface area contributed by atoms with Gasteiger partial charge < -0.3 is 11.1 Å². The summed E-state index contributed by atoms with van der Waals surface area (Å²) >= 11 is 0. The van der Waals surface area contributed by atoms with E-state index in [9.17, 15) is 4.79 Å². The largest absolute Gasteiger partial charge is 0.347 e. The normalized spacial score (nSPS) is 30.2. The minimum absolute atomic E-state index is 0. The predicted molar refractivity (Wildman–Crippen MR) is 96.4 cm³/mol. The molecule has 3 rings (SSSR count). The molecule has 2 bridgehead atoms. The molecule has 128 valence electrons. The molecule has 4 heteroatoms. The Labute approximate surface area is 145 Å². The van der Waals surface area contributed by atoms with Gasteiger partial charge in [0.25, 0.3) is 0 Å². The number of carbonyl (C=O) groups excluding carboxylic acids is 1. The summed E-state index contributed by atoms with van der Waals surface area (Å²) in [7, 11) is 0. The molecule has 1 aromatic rings. The fourth-order valence-electron chi connectivity index (χ4n) is 4.34. The third-order valence-corrected chi connectivity index (χ3v) is 5.71. The Balaban J connectivity index is 0.00000192. The molecule has 1 amide bonds. The molecule has 3 N–H and O–H groups in total. The van der Waals surface area contributed by atoms with Gasteiger partial charge in [0.05, 0.1) is 5.54 Å². The number of halogens is 1. The average Bonchev–Trinajstić information content (AvgIpc) is 2.47. The number of fused-ring (bicyclic) bond motifs is 2. The second kappa shape index (κ2) is 7.23. The van der Waals surface area contributed by atoms with Crippen LogP contribution in [0.2, 0.25) is 0 Å². The SMILES string of the molecule is CC(C)(NC(=O)C1CC2CCCC(C1)C2N)c1ccccc1.Cl. The Morgan fingerprint density at radius 3 is 2.26 bits per heavy atom. The molecular formula is C19H29ClN2O. The Hall–Kier alpha value is -1.06. The van der Waals surface area contributed by atoms with Gasteiger partial charge in [-0.25, -0.2) is 0 Å². The van der Waals surface area contributed by atoms with E-state index < -0.39 is 0 Å². The standard InChI is InChI=1S/C19H28N2O.ClH/c1-19(2,16-9-4-3-5-10-16)21-18(22)15-11-13-7-6-8-14(12-15)17(13)20;/h3-5,9-10,13-15,17H,6-8,11-12,20H2,1-2H3,(H,21,22);1H. The summed E-state index contributed by atoms with van der Waals surface area (Å²) in [5, 5.41) is 3.27. The lowest BCUT2D eigenvalue weighted by Gasteiger charge is -2.44. The summed E-state index contributed by atoms with van der Waals surface area (Å²) in [5.74, 6) is 1.43. The van der Waals surface area contributed by atoms with Gasteiger partial charge in [0.2, 0.25) is 5.91 Å². The van der Waals surface area contributed by atoms with Crippen molar-refractivity contribution in [1.82, 2.24) is 5.32 Å². The first-order valence-corrected chi connectivity index (χ1v) is 8.60. The molecule has 2 unspecified atom stereocenters. The van der Waals surface area contributed by atoms with Crippen LogP contribution in [0.15, 0.2) is 30.3 Å². The van der Waals surface area contributed by atoms with Gasteiger partial charge in [-0.15, -0.1) is 12.4 Å². The van der Waals surface area contributed by atoms with Crippen molar-refractivity contribution in [1.29, 1.82) is 0 Å². The van der Waals surface area contributed by atoms with Crippen molar-refractivity contribution in [2.24, 2.45) is 23.5 Å². The molecule has 1 aromatic carbocycles. The maximum atomic E-state index is 12.8. The van der Waals surface area contributed by atoms with Crippen LogP contribution in [0.1, 0.15) is 51.5 Å². The molecule has 2 saturated carbocycles. The predicted octanol–water partition coefficient (Wildman–Crippen LogP) is 3.61. The van der Waals surface area contributed by atoms with E-state index in [4.69, 9.17) is 5.73 Å². The summed E-state index contributed by atoms with van der Waals surface area (Å²) in [5.41, 5.74) is 7.16. The van der Waals surface area contributed by atoms with Crippen molar-refractivity contribution in [3.63, 3.8) is 0 Å². The van der Waals surface area contributed by atoms with Crippen molar-refractivity contribution in [3.8, 4) is 0 Å². The highest BCUT2D eigenvalue weighted by molar-refractivity contribution is 5.85. The molecule has 23 heavy (non-hydrogen) atoms. The van der Waals surface area contributed by atoms with E-state index in [0.717, 1.165) is 18.4 Å². The highest BCUT2D eigenvalue weighted by Crippen LogP contribution is 2.42. The van der Waals surface area contributed by atoms with Crippen LogP contribution in [0.5, 0.6) is 0 Å². The summed E-state index contributed by atoms with van der Waals surface area (Å²) < 4.78 is 0. The highest BCUT2D eigenvalue weighted by Gasteiger charge is 2.41. The van der Waals surface area contributed by atoms with E-state index in [0.29, 0.717) is 17.9 Å². The summed E-state index contributed by atoms with van der Waals surface area (Å²) in [6.45, 7) is 4.16. The van der Waals surface area contributed by atoms with Crippen molar-refractivity contribution in [2.45, 2.75) is 57.5 Å². The van der Waals surface area contributed by atoms with E-state index in [1.165, 1.54) is 19.3 Å². The van der Waals surface area contributed by atoms with Crippen LogP contribution in [0.25, 0.3) is 0 Å². The lowest BCUT2D eigenvalue weighted by molar-refractivity contribution is -0.129. The first-order chi connectivity index (χ1) is 10.5. The van der Waals surface area contributed by atoms with Crippen LogP contribution in [0, 0.1) is 17.8 Å². The number of benzene rings is 1. The zero-order valence-corrected chi connectivity index (χ0v) is 14.9. The lowest BCUT2D eigenvalue weighted by Crippen LogP contribution is -2.51. The molecule has 0 heterocycles. The summed E-state index contributed by atoms with van der Waals surface area (Å²) in [4.78, 5) is 12.8. The Morgan fingerprint density at radius 1 is 1.13 bits per heavy atom. The van der Waals surface area contributed by atoms with Crippen LogP contribution in [0.4, 0.5) is 0 Å². The molecule has 2 fully saturated rings. The molecule has 0 aliphatic heterocycles. The van der Waals surface area contributed by atoms with E-state index >= 15 is 0 Å². The van der Waals surface area contributed by atoms with Crippen molar-refractivity contribution < 1.29 is 4.79 Å². The van der Waals surface area contributed by atoms with E-state index in [2.05, 4.69) is 31.3 Å². The Bertz CT molecular complexity index is 517. The molecule has 2 aliphatic rings. The molecule has 0 aromatic heterocycles. The van der Waals surface area contributed by atoms with Gasteiger partial charge in [-0.2, -0.15) is 0 Å². The van der Waals surface area contributed by atoms with Gasteiger partial charge in [0.15, 0.2) is 0 Å². The number of rotatable bonds is 3. The monoisotopic (exact) mass is 336 g/mol. The van der Waals surface area contributed by atoms with Crippen LogP contribution in [0.3, 0.4) is 0 Å². The van der Waals surface area contributed by atoms with Crippen molar-refractivity contribution >= 4 is 18.3 Å². The number of hydrogen-bond donors (Lipinski definition) is 2. The molecule has 0 saturated heterocycles. The smallest absolute Gasteiger partial charge is 0.223 e. The van der Waals surface area contributed by atoms with Gasteiger partial charge in [0, 0.05) is 12.0 Å². The van der Waals surface area contributed by atoms with Crippen molar-refractivity contribution in [2.75, 3.05) is 0 Å². The van der Waals surface area contributed by atoms with Gasteiger partial charge in [0.1, 0.15) is 0 Å². The molecule has 0 radical (unpaired) electrons. The fourth-order valence-corrected chi connectivity index (χ4v) is 4.34. The van der Waals surface area contributed by atoms with Gasteiger partial charge in [-0.1, -0.05) is 36.8 Å². The second-order valence-electron chi connectivity index (χ2n) is 7.68. The summed E-state index contributed by atoms with van der Waals surface area (Å²) in [6.07, 6.45) is 5.61. The van der Waals surface area contributed by atoms with Gasteiger partial charge in [-0.3, -0.25) is 4.79 Å². The minimum atomic E-state index is -0.326. The van der Waals surface area contributed by atoms with Crippen molar-refractivity contribution in [3.05, 3.63) is 35.9 Å². The molecule has 2 aliphatic carbocycles. The van der Waals surface area contributed by atoms with Crippen LogP contribution in [-0.2, 0) is 10.3 Å².